The normalized spacial score (nSPS) is 21.1. The molecular weight excluding hydrogens is 583 g/mol. The summed E-state index contributed by atoms with van der Waals surface area (Å²) in [6.07, 6.45) is 0.664. The molecule has 0 aromatic heterocycles. The summed E-state index contributed by atoms with van der Waals surface area (Å²) >= 11 is 6.06. The van der Waals surface area contributed by atoms with Gasteiger partial charge in [0.25, 0.3) is 5.91 Å². The quantitative estimate of drug-likeness (QED) is 0.402. The number of piperazine rings is 1. The minimum absolute atomic E-state index is 0.0225. The van der Waals surface area contributed by atoms with Crippen molar-refractivity contribution in [2.75, 3.05) is 25.1 Å². The SMILES string of the molecule is COC(=O)N(C(=O)[C@@H](N)[C@@H](c1ccc(Cl)cc1)C(C)C)c1cccc(F)c1CC[C@H]1CNC[C@@H](C)N1S(=O)(=O)C1CC1. The summed E-state index contributed by atoms with van der Waals surface area (Å²) in [5, 5.41) is 3.44. The average molecular weight is 623 g/mol. The first-order chi connectivity index (χ1) is 19.9. The molecule has 0 bridgehead atoms. The van der Waals surface area contributed by atoms with Crippen LogP contribution in [-0.4, -0.2) is 68.3 Å². The van der Waals surface area contributed by atoms with Gasteiger partial charge >= 0.3 is 6.09 Å². The molecule has 4 rings (SSSR count). The van der Waals surface area contributed by atoms with Crippen molar-refractivity contribution in [2.45, 2.75) is 75.7 Å². The molecule has 0 radical (unpaired) electrons. The van der Waals surface area contributed by atoms with Crippen LogP contribution in [0.1, 0.15) is 57.1 Å². The third-order valence-electron chi connectivity index (χ3n) is 8.14. The van der Waals surface area contributed by atoms with E-state index in [1.54, 1.807) is 28.6 Å². The molecule has 12 heteroatoms. The number of rotatable bonds is 10. The molecular formula is C30H40ClFN4O5S. The zero-order valence-corrected chi connectivity index (χ0v) is 26.0. The molecule has 1 heterocycles. The van der Waals surface area contributed by atoms with E-state index in [1.165, 1.54) is 18.2 Å². The molecule has 2 amide bonds. The molecule has 2 aromatic carbocycles. The number of nitrogens with two attached hydrogens (primary N) is 1. The maximum Gasteiger partial charge on any atom is 0.420 e. The Hall–Kier alpha value is -2.57. The van der Waals surface area contributed by atoms with Crippen molar-refractivity contribution in [3.63, 3.8) is 0 Å². The number of nitrogens with one attached hydrogen (secondary N) is 1. The number of ether oxygens (including phenoxy) is 1. The van der Waals surface area contributed by atoms with Gasteiger partial charge in [-0.2, -0.15) is 4.31 Å². The number of carbonyl (C=O) groups excluding carboxylic acids is 2. The summed E-state index contributed by atoms with van der Waals surface area (Å²) in [6.45, 7) is 6.65. The number of halogens is 2. The fourth-order valence-corrected chi connectivity index (χ4v) is 8.31. The lowest BCUT2D eigenvalue weighted by Gasteiger charge is -2.40. The van der Waals surface area contributed by atoms with E-state index in [4.69, 9.17) is 22.1 Å². The molecule has 1 aliphatic carbocycles. The summed E-state index contributed by atoms with van der Waals surface area (Å²) in [5.41, 5.74) is 7.46. The van der Waals surface area contributed by atoms with Gasteiger partial charge in [-0.25, -0.2) is 22.5 Å². The van der Waals surface area contributed by atoms with Gasteiger partial charge in [-0.1, -0.05) is 43.6 Å². The summed E-state index contributed by atoms with van der Waals surface area (Å²) in [6, 6.07) is 9.32. The van der Waals surface area contributed by atoms with Gasteiger partial charge in [-0.3, -0.25) is 4.79 Å². The average Bonchev–Trinajstić information content (AvgIpc) is 3.80. The minimum atomic E-state index is -3.48. The van der Waals surface area contributed by atoms with Crippen molar-refractivity contribution in [3.8, 4) is 0 Å². The summed E-state index contributed by atoms with van der Waals surface area (Å²) < 4.78 is 48.5. The molecule has 42 heavy (non-hydrogen) atoms. The lowest BCUT2D eigenvalue weighted by Crippen LogP contribution is -2.59. The Balaban J connectivity index is 1.66. The lowest BCUT2D eigenvalue weighted by molar-refractivity contribution is -0.120. The first kappa shape index (κ1) is 32.3. The molecule has 9 nitrogen and oxygen atoms in total. The third-order valence-corrected chi connectivity index (χ3v) is 11.0. The Kier molecular flexibility index (Phi) is 10.3. The first-order valence-corrected chi connectivity index (χ1v) is 16.2. The third kappa shape index (κ3) is 6.81. The molecule has 0 spiro atoms. The van der Waals surface area contributed by atoms with Gasteiger partial charge in [0.2, 0.25) is 10.0 Å². The number of nitrogens with zero attached hydrogens (tertiary/aromatic N) is 2. The number of sulfonamides is 1. The van der Waals surface area contributed by atoms with Crippen LogP contribution in [-0.2, 0) is 26.0 Å². The van der Waals surface area contributed by atoms with Crippen molar-refractivity contribution in [1.29, 1.82) is 0 Å². The van der Waals surface area contributed by atoms with Crippen molar-refractivity contribution in [3.05, 3.63) is 64.4 Å². The summed E-state index contributed by atoms with van der Waals surface area (Å²) in [4.78, 5) is 27.9. The highest BCUT2D eigenvalue weighted by atomic mass is 35.5. The number of hydrogen-bond donors (Lipinski definition) is 2. The molecule has 1 saturated heterocycles. The molecule has 1 aliphatic heterocycles. The smallest absolute Gasteiger partial charge is 0.420 e. The van der Waals surface area contributed by atoms with Crippen LogP contribution in [0.2, 0.25) is 5.02 Å². The van der Waals surface area contributed by atoms with Gasteiger partial charge in [0.15, 0.2) is 0 Å². The Bertz CT molecular complexity index is 1390. The van der Waals surface area contributed by atoms with Gasteiger partial charge in [-0.15, -0.1) is 0 Å². The van der Waals surface area contributed by atoms with Gasteiger partial charge in [0, 0.05) is 41.7 Å². The van der Waals surface area contributed by atoms with Crippen LogP contribution in [0.4, 0.5) is 14.9 Å². The molecule has 2 aromatic rings. The van der Waals surface area contributed by atoms with Crippen molar-refractivity contribution >= 4 is 39.3 Å². The van der Waals surface area contributed by atoms with E-state index in [9.17, 15) is 18.0 Å². The van der Waals surface area contributed by atoms with E-state index in [0.29, 0.717) is 31.0 Å². The van der Waals surface area contributed by atoms with E-state index in [-0.39, 0.29) is 41.3 Å². The topological polar surface area (TPSA) is 122 Å². The molecule has 2 fully saturated rings. The Morgan fingerprint density at radius 3 is 2.43 bits per heavy atom. The van der Waals surface area contributed by atoms with Crippen LogP contribution in [0, 0.1) is 11.7 Å². The first-order valence-electron chi connectivity index (χ1n) is 14.3. The van der Waals surface area contributed by atoms with E-state index in [1.807, 2.05) is 20.8 Å². The number of anilines is 1. The van der Waals surface area contributed by atoms with Gasteiger partial charge < -0.3 is 15.8 Å². The fourth-order valence-electron chi connectivity index (χ4n) is 5.93. The molecule has 2 aliphatic rings. The van der Waals surface area contributed by atoms with E-state index in [0.717, 1.165) is 17.6 Å². The molecule has 230 valence electrons. The number of carbonyl (C=O) groups is 2. The van der Waals surface area contributed by atoms with Crippen LogP contribution >= 0.6 is 11.6 Å². The van der Waals surface area contributed by atoms with Gasteiger partial charge in [0.1, 0.15) is 5.82 Å². The summed E-state index contributed by atoms with van der Waals surface area (Å²) in [5.74, 6) is -1.92. The molecule has 1 saturated carbocycles. The van der Waals surface area contributed by atoms with E-state index >= 15 is 4.39 Å². The van der Waals surface area contributed by atoms with E-state index in [2.05, 4.69) is 5.32 Å². The van der Waals surface area contributed by atoms with Gasteiger partial charge in [-0.05, 0) is 68.4 Å². The number of imide groups is 1. The zero-order chi connectivity index (χ0) is 30.8. The predicted molar refractivity (Wildman–Crippen MR) is 162 cm³/mol. The monoisotopic (exact) mass is 622 g/mol. The highest BCUT2D eigenvalue weighted by Crippen LogP contribution is 2.36. The van der Waals surface area contributed by atoms with E-state index < -0.39 is 45.8 Å². The predicted octanol–water partition coefficient (Wildman–Crippen LogP) is 4.43. The number of benzene rings is 2. The van der Waals surface area contributed by atoms with Crippen LogP contribution < -0.4 is 16.0 Å². The highest BCUT2D eigenvalue weighted by Gasteiger charge is 2.46. The van der Waals surface area contributed by atoms with Crippen LogP contribution in [0.5, 0.6) is 0 Å². The summed E-state index contributed by atoms with van der Waals surface area (Å²) in [7, 11) is -2.34. The number of methoxy groups -OCH3 is 1. The Labute approximate surface area is 252 Å². The molecule has 0 unspecified atom stereocenters. The van der Waals surface area contributed by atoms with Crippen molar-refractivity contribution < 1.29 is 27.1 Å². The minimum Gasteiger partial charge on any atom is -0.452 e. The standard InChI is InChI=1S/C30H40ClFN4O5S/c1-18(2)27(20-8-10-21(31)11-9-20)28(33)29(37)35(30(38)41-4)26-7-5-6-25(32)24(26)15-12-22-17-34-16-19(3)36(22)42(39,40)23-13-14-23/h5-11,18-19,22-23,27-28,34H,12-17,33H2,1-4H3/t19-,22+,27-,28+/m1/s1. The molecule has 3 N–H and O–H groups in total. The van der Waals surface area contributed by atoms with Crippen LogP contribution in [0.3, 0.4) is 0 Å². The maximum atomic E-state index is 15.5. The largest absolute Gasteiger partial charge is 0.452 e. The highest BCUT2D eigenvalue weighted by molar-refractivity contribution is 7.90. The van der Waals surface area contributed by atoms with Crippen molar-refractivity contribution in [2.24, 2.45) is 11.7 Å². The second-order valence-electron chi connectivity index (χ2n) is 11.5. The fraction of sp³-hybridized carbons (Fsp3) is 0.533. The lowest BCUT2D eigenvalue weighted by atomic mass is 9.82. The maximum absolute atomic E-state index is 15.5. The Morgan fingerprint density at radius 1 is 1.17 bits per heavy atom. The van der Waals surface area contributed by atoms with Gasteiger partial charge in [0.05, 0.1) is 24.1 Å². The van der Waals surface area contributed by atoms with Crippen molar-refractivity contribution in [1.82, 2.24) is 9.62 Å². The Morgan fingerprint density at radius 2 is 1.83 bits per heavy atom. The number of amides is 2. The number of hydrogen-bond acceptors (Lipinski definition) is 7. The molecule has 4 atom stereocenters. The van der Waals surface area contributed by atoms with Crippen LogP contribution in [0.15, 0.2) is 42.5 Å². The zero-order valence-electron chi connectivity index (χ0n) is 24.4. The second-order valence-corrected chi connectivity index (χ2v) is 14.1. The van der Waals surface area contributed by atoms with Crippen LogP contribution in [0.25, 0.3) is 0 Å². The second kappa shape index (κ2) is 13.4.